The van der Waals surface area contributed by atoms with Gasteiger partial charge < -0.3 is 5.73 Å². The summed E-state index contributed by atoms with van der Waals surface area (Å²) in [5, 5.41) is 0. The van der Waals surface area contributed by atoms with Crippen molar-refractivity contribution in [3.05, 3.63) is 75.9 Å². The molecule has 28 heavy (non-hydrogen) atoms. The van der Waals surface area contributed by atoms with E-state index in [-0.39, 0.29) is 5.41 Å². The monoisotopic (exact) mass is 373 g/mol. The first-order chi connectivity index (χ1) is 13.4. The van der Waals surface area contributed by atoms with Crippen molar-refractivity contribution >= 4 is 5.70 Å². The quantitative estimate of drug-likeness (QED) is 0.562. The third-order valence-electron chi connectivity index (χ3n) is 7.17. The van der Waals surface area contributed by atoms with Crippen LogP contribution in [0.3, 0.4) is 0 Å². The molecule has 0 saturated heterocycles. The Morgan fingerprint density at radius 2 is 1.82 bits per heavy atom. The van der Waals surface area contributed by atoms with Gasteiger partial charge in [-0.2, -0.15) is 0 Å². The minimum absolute atomic E-state index is 0.215. The van der Waals surface area contributed by atoms with E-state index in [1.807, 2.05) is 0 Å². The van der Waals surface area contributed by atoms with Crippen molar-refractivity contribution < 1.29 is 0 Å². The zero-order valence-corrected chi connectivity index (χ0v) is 18.0. The molecular weight excluding hydrogens is 338 g/mol. The highest BCUT2D eigenvalue weighted by atomic mass is 14.6. The molecule has 0 aromatic heterocycles. The lowest BCUT2D eigenvalue weighted by Gasteiger charge is -2.40. The van der Waals surface area contributed by atoms with Crippen LogP contribution in [-0.4, -0.2) is 0 Å². The van der Waals surface area contributed by atoms with Gasteiger partial charge in [0.1, 0.15) is 0 Å². The molecule has 2 saturated carbocycles. The first kappa shape index (κ1) is 19.3. The van der Waals surface area contributed by atoms with Crippen LogP contribution >= 0.6 is 0 Å². The van der Waals surface area contributed by atoms with E-state index in [1.165, 1.54) is 43.2 Å². The zero-order valence-electron chi connectivity index (χ0n) is 18.0. The van der Waals surface area contributed by atoms with E-state index < -0.39 is 0 Å². The molecule has 4 rings (SSSR count). The van der Waals surface area contributed by atoms with Gasteiger partial charge in [0, 0.05) is 17.0 Å². The predicted molar refractivity (Wildman–Crippen MR) is 121 cm³/mol. The molecule has 1 nitrogen and oxygen atoms in total. The summed E-state index contributed by atoms with van der Waals surface area (Å²) >= 11 is 0. The topological polar surface area (TPSA) is 26.0 Å². The van der Waals surface area contributed by atoms with E-state index >= 15 is 0 Å². The Morgan fingerprint density at radius 1 is 1.14 bits per heavy atom. The standard InChI is InChI=1S/C27H35N/c1-5-6-25-24(16-26(28)21-9-7-18(2)8-10-21)23-15-22(23)20(4)17-27(25)13-11-19(3)12-14-27/h6-10,16-17,19,22H,5,11-15,28H2,1-4H3/b25-6-,26-16-. The van der Waals surface area contributed by atoms with Gasteiger partial charge in [-0.05, 0) is 81.1 Å². The third kappa shape index (κ3) is 3.52. The van der Waals surface area contributed by atoms with Crippen molar-refractivity contribution in [2.24, 2.45) is 23.0 Å². The second-order valence-electron chi connectivity index (χ2n) is 9.41. The van der Waals surface area contributed by atoms with E-state index in [0.717, 1.165) is 23.6 Å². The first-order valence-corrected chi connectivity index (χ1v) is 11.1. The van der Waals surface area contributed by atoms with Crippen molar-refractivity contribution in [3.63, 3.8) is 0 Å². The number of hydrogen-bond donors (Lipinski definition) is 1. The molecule has 2 N–H and O–H groups in total. The molecule has 3 aliphatic carbocycles. The van der Waals surface area contributed by atoms with Gasteiger partial charge in [-0.3, -0.25) is 0 Å². The largest absolute Gasteiger partial charge is 0.398 e. The lowest BCUT2D eigenvalue weighted by Crippen LogP contribution is -2.28. The van der Waals surface area contributed by atoms with Gasteiger partial charge in [0.05, 0.1) is 0 Å². The number of benzene rings is 1. The Bertz CT molecular complexity index is 867. The Labute approximate surface area is 171 Å². The number of hydrogen-bond acceptors (Lipinski definition) is 1. The molecule has 1 aromatic rings. The van der Waals surface area contributed by atoms with E-state index in [9.17, 15) is 0 Å². The van der Waals surface area contributed by atoms with Gasteiger partial charge in [-0.25, -0.2) is 0 Å². The number of rotatable bonds is 3. The van der Waals surface area contributed by atoms with Crippen LogP contribution in [0.2, 0.25) is 0 Å². The molecule has 1 aromatic carbocycles. The summed E-state index contributed by atoms with van der Waals surface area (Å²) in [6, 6.07) is 8.61. The van der Waals surface area contributed by atoms with Crippen LogP contribution in [0.1, 0.15) is 70.4 Å². The fourth-order valence-corrected chi connectivity index (χ4v) is 5.31. The van der Waals surface area contributed by atoms with Crippen LogP contribution < -0.4 is 5.73 Å². The maximum Gasteiger partial charge on any atom is 0.0393 e. The SMILES string of the molecule is CC/C=C1/C(/C=C(\N)c2ccc(C)cc2)=C2CC2C(C)=CC12CCC(C)CC2. The summed E-state index contributed by atoms with van der Waals surface area (Å²) in [6.45, 7) is 9.17. The summed E-state index contributed by atoms with van der Waals surface area (Å²) in [7, 11) is 0. The molecule has 148 valence electrons. The minimum atomic E-state index is 0.215. The fraction of sp³-hybridized carbons (Fsp3) is 0.481. The van der Waals surface area contributed by atoms with Crippen LogP contribution in [0.4, 0.5) is 0 Å². The molecule has 0 heterocycles. The Hall–Kier alpha value is -2.02. The van der Waals surface area contributed by atoms with Crippen molar-refractivity contribution in [3.8, 4) is 0 Å². The summed E-state index contributed by atoms with van der Waals surface area (Å²) < 4.78 is 0. The number of fused-ring (bicyclic) bond motifs is 1. The van der Waals surface area contributed by atoms with Gasteiger partial charge >= 0.3 is 0 Å². The van der Waals surface area contributed by atoms with Crippen molar-refractivity contribution in [2.75, 3.05) is 0 Å². The molecule has 0 aliphatic heterocycles. The smallest absolute Gasteiger partial charge is 0.0393 e. The molecule has 1 unspecified atom stereocenters. The molecule has 1 heteroatoms. The Morgan fingerprint density at radius 3 is 2.46 bits per heavy atom. The van der Waals surface area contributed by atoms with E-state index in [1.54, 1.807) is 16.7 Å². The number of allylic oxidation sites excluding steroid dienone is 7. The zero-order chi connectivity index (χ0) is 19.9. The minimum Gasteiger partial charge on any atom is -0.398 e. The molecular formula is C27H35N. The highest BCUT2D eigenvalue weighted by Gasteiger charge is 2.45. The summed E-state index contributed by atoms with van der Waals surface area (Å²) in [4.78, 5) is 0. The van der Waals surface area contributed by atoms with Crippen LogP contribution in [-0.2, 0) is 0 Å². The predicted octanol–water partition coefficient (Wildman–Crippen LogP) is 7.10. The van der Waals surface area contributed by atoms with Crippen LogP contribution in [0.15, 0.2) is 64.8 Å². The maximum atomic E-state index is 6.62. The van der Waals surface area contributed by atoms with Gasteiger partial charge in [-0.15, -0.1) is 0 Å². The first-order valence-electron chi connectivity index (χ1n) is 11.1. The van der Waals surface area contributed by atoms with E-state index in [0.29, 0.717) is 5.92 Å². The number of nitrogens with two attached hydrogens (primary N) is 1. The van der Waals surface area contributed by atoms with Crippen LogP contribution in [0, 0.1) is 24.2 Å². The lowest BCUT2D eigenvalue weighted by atomic mass is 9.64. The normalized spacial score (nSPS) is 31.6. The summed E-state index contributed by atoms with van der Waals surface area (Å²) in [5.41, 5.74) is 16.4. The highest BCUT2D eigenvalue weighted by Crippen LogP contribution is 2.58. The number of aryl methyl sites for hydroxylation is 1. The van der Waals surface area contributed by atoms with Crippen molar-refractivity contribution in [2.45, 2.75) is 66.2 Å². The molecule has 0 bridgehead atoms. The molecule has 0 amide bonds. The van der Waals surface area contributed by atoms with Crippen molar-refractivity contribution in [1.82, 2.24) is 0 Å². The van der Waals surface area contributed by atoms with E-state index in [2.05, 4.69) is 70.2 Å². The van der Waals surface area contributed by atoms with E-state index in [4.69, 9.17) is 5.73 Å². The maximum absolute atomic E-state index is 6.62. The van der Waals surface area contributed by atoms with Crippen LogP contribution in [0.25, 0.3) is 5.70 Å². The van der Waals surface area contributed by atoms with Gasteiger partial charge in [-0.1, -0.05) is 67.0 Å². The molecule has 2 fully saturated rings. The Kier molecular flexibility index (Phi) is 5.12. The average molecular weight is 374 g/mol. The third-order valence-corrected chi connectivity index (χ3v) is 7.17. The average Bonchev–Trinajstić information content (AvgIpc) is 3.48. The second-order valence-corrected chi connectivity index (χ2v) is 9.41. The molecule has 1 spiro atoms. The molecule has 0 radical (unpaired) electrons. The van der Waals surface area contributed by atoms with Gasteiger partial charge in [0.15, 0.2) is 0 Å². The lowest BCUT2D eigenvalue weighted by molar-refractivity contribution is 0.252. The van der Waals surface area contributed by atoms with Gasteiger partial charge in [0.2, 0.25) is 0 Å². The summed E-state index contributed by atoms with van der Waals surface area (Å²) in [6.07, 6.45) is 15.0. The highest BCUT2D eigenvalue weighted by molar-refractivity contribution is 5.71. The van der Waals surface area contributed by atoms with Crippen molar-refractivity contribution in [1.29, 1.82) is 0 Å². The Balaban J connectivity index is 1.79. The van der Waals surface area contributed by atoms with Gasteiger partial charge in [0.25, 0.3) is 0 Å². The second kappa shape index (κ2) is 7.43. The molecule has 1 atom stereocenters. The van der Waals surface area contributed by atoms with Crippen LogP contribution in [0.5, 0.6) is 0 Å². The summed E-state index contributed by atoms with van der Waals surface area (Å²) in [5.74, 6) is 1.50. The molecule has 3 aliphatic rings. The fourth-order valence-electron chi connectivity index (χ4n) is 5.31.